The van der Waals surface area contributed by atoms with E-state index in [2.05, 4.69) is 44.5 Å². The van der Waals surface area contributed by atoms with Crippen LogP contribution in [0, 0.1) is 5.41 Å². The summed E-state index contributed by atoms with van der Waals surface area (Å²) in [6.45, 7) is 13.3. The van der Waals surface area contributed by atoms with Gasteiger partial charge in [0.2, 0.25) is 0 Å². The van der Waals surface area contributed by atoms with Crippen LogP contribution in [0.25, 0.3) is 0 Å². The minimum atomic E-state index is 0.0677. The molecule has 0 unspecified atom stereocenters. The highest BCUT2D eigenvalue weighted by Crippen LogP contribution is 2.32. The molecule has 0 aliphatic carbocycles. The molecule has 1 aromatic heterocycles. The number of hydrogen-bond acceptors (Lipinski definition) is 3. The average Bonchev–Trinajstić information content (AvgIpc) is 2.58. The molecule has 0 bridgehead atoms. The predicted molar refractivity (Wildman–Crippen MR) is 71.3 cm³/mol. The van der Waals surface area contributed by atoms with E-state index < -0.39 is 0 Å². The van der Waals surface area contributed by atoms with Gasteiger partial charge < -0.3 is 4.90 Å². The standard InChI is InChI=1S/C14H23N3/c1-13(2,3)11-8-15-9-12(16-11)17-7-6-14(4,5)10-17/h8-9H,6-7,10H2,1-5H3. The Labute approximate surface area is 104 Å². The number of anilines is 1. The van der Waals surface area contributed by atoms with Gasteiger partial charge in [-0.2, -0.15) is 0 Å². The van der Waals surface area contributed by atoms with Crippen molar-refractivity contribution >= 4 is 5.82 Å². The van der Waals surface area contributed by atoms with Crippen molar-refractivity contribution in [2.75, 3.05) is 18.0 Å². The summed E-state index contributed by atoms with van der Waals surface area (Å²) in [5.74, 6) is 1.03. The van der Waals surface area contributed by atoms with Gasteiger partial charge in [0.1, 0.15) is 5.82 Å². The quantitative estimate of drug-likeness (QED) is 0.746. The predicted octanol–water partition coefficient (Wildman–Crippen LogP) is 3.01. The van der Waals surface area contributed by atoms with Crippen LogP contribution >= 0.6 is 0 Å². The lowest BCUT2D eigenvalue weighted by atomic mass is 9.93. The minimum absolute atomic E-state index is 0.0677. The third-order valence-corrected chi connectivity index (χ3v) is 3.39. The van der Waals surface area contributed by atoms with Crippen LogP contribution in [0.3, 0.4) is 0 Å². The lowest BCUT2D eigenvalue weighted by Gasteiger charge is -2.23. The molecule has 1 fully saturated rings. The van der Waals surface area contributed by atoms with Gasteiger partial charge in [0, 0.05) is 24.7 Å². The lowest BCUT2D eigenvalue weighted by molar-refractivity contribution is 0.418. The Bertz CT molecular complexity index is 404. The Balaban J connectivity index is 2.23. The van der Waals surface area contributed by atoms with E-state index in [4.69, 9.17) is 4.98 Å². The zero-order valence-corrected chi connectivity index (χ0v) is 11.6. The SMILES string of the molecule is CC1(C)CCN(c2cncc(C(C)(C)C)n2)C1. The molecule has 1 saturated heterocycles. The van der Waals surface area contributed by atoms with E-state index in [-0.39, 0.29) is 5.41 Å². The van der Waals surface area contributed by atoms with E-state index in [1.54, 1.807) is 0 Å². The van der Waals surface area contributed by atoms with Gasteiger partial charge in [0.25, 0.3) is 0 Å². The van der Waals surface area contributed by atoms with Crippen LogP contribution in [-0.2, 0) is 5.41 Å². The second-order valence-corrected chi connectivity index (χ2v) is 6.85. The highest BCUT2D eigenvalue weighted by Gasteiger charge is 2.30. The van der Waals surface area contributed by atoms with E-state index in [0.717, 1.165) is 24.6 Å². The van der Waals surface area contributed by atoms with Crippen molar-refractivity contribution in [2.24, 2.45) is 5.41 Å². The molecule has 0 atom stereocenters. The maximum Gasteiger partial charge on any atom is 0.147 e. The summed E-state index contributed by atoms with van der Waals surface area (Å²) < 4.78 is 0. The molecule has 2 heterocycles. The summed E-state index contributed by atoms with van der Waals surface area (Å²) in [4.78, 5) is 11.4. The van der Waals surface area contributed by atoms with Crippen molar-refractivity contribution < 1.29 is 0 Å². The Morgan fingerprint density at radius 1 is 1.24 bits per heavy atom. The van der Waals surface area contributed by atoms with Gasteiger partial charge in [-0.1, -0.05) is 34.6 Å². The largest absolute Gasteiger partial charge is 0.355 e. The molecular weight excluding hydrogens is 210 g/mol. The minimum Gasteiger partial charge on any atom is -0.355 e. The highest BCUT2D eigenvalue weighted by molar-refractivity contribution is 5.39. The molecule has 0 amide bonds. The van der Waals surface area contributed by atoms with Crippen molar-refractivity contribution in [3.63, 3.8) is 0 Å². The molecule has 2 rings (SSSR count). The van der Waals surface area contributed by atoms with Gasteiger partial charge in [0.05, 0.1) is 11.9 Å². The fraction of sp³-hybridized carbons (Fsp3) is 0.714. The summed E-state index contributed by atoms with van der Waals surface area (Å²) in [7, 11) is 0. The van der Waals surface area contributed by atoms with Crippen molar-refractivity contribution in [1.82, 2.24) is 9.97 Å². The first-order chi connectivity index (χ1) is 7.78. The average molecular weight is 233 g/mol. The second-order valence-electron chi connectivity index (χ2n) is 6.85. The van der Waals surface area contributed by atoms with E-state index in [0.29, 0.717) is 5.41 Å². The molecule has 0 radical (unpaired) electrons. The van der Waals surface area contributed by atoms with Gasteiger partial charge in [-0.05, 0) is 11.8 Å². The maximum atomic E-state index is 4.76. The number of rotatable bonds is 1. The maximum absolute atomic E-state index is 4.76. The number of nitrogens with zero attached hydrogens (tertiary/aromatic N) is 3. The van der Waals surface area contributed by atoms with Crippen LogP contribution in [0.1, 0.15) is 46.7 Å². The zero-order chi connectivity index (χ0) is 12.7. The molecule has 94 valence electrons. The highest BCUT2D eigenvalue weighted by atomic mass is 15.2. The Morgan fingerprint density at radius 2 is 1.94 bits per heavy atom. The van der Waals surface area contributed by atoms with Crippen molar-refractivity contribution in [3.8, 4) is 0 Å². The van der Waals surface area contributed by atoms with Crippen molar-refractivity contribution in [3.05, 3.63) is 18.1 Å². The molecule has 1 aliphatic rings. The molecule has 0 N–H and O–H groups in total. The van der Waals surface area contributed by atoms with Crippen LogP contribution in [-0.4, -0.2) is 23.1 Å². The van der Waals surface area contributed by atoms with Gasteiger partial charge in [-0.15, -0.1) is 0 Å². The summed E-state index contributed by atoms with van der Waals surface area (Å²) >= 11 is 0. The normalized spacial score (nSPS) is 19.7. The summed E-state index contributed by atoms with van der Waals surface area (Å²) in [5, 5.41) is 0. The summed E-state index contributed by atoms with van der Waals surface area (Å²) in [5.41, 5.74) is 1.54. The molecule has 3 heteroatoms. The van der Waals surface area contributed by atoms with Crippen LogP contribution in [0.4, 0.5) is 5.82 Å². The molecule has 0 spiro atoms. The molecular formula is C14H23N3. The van der Waals surface area contributed by atoms with Gasteiger partial charge in [-0.3, -0.25) is 4.98 Å². The Hall–Kier alpha value is -1.12. The smallest absolute Gasteiger partial charge is 0.147 e. The van der Waals surface area contributed by atoms with Crippen molar-refractivity contribution in [1.29, 1.82) is 0 Å². The Kier molecular flexibility index (Phi) is 2.88. The molecule has 1 aliphatic heterocycles. The van der Waals surface area contributed by atoms with Gasteiger partial charge in [0.15, 0.2) is 0 Å². The van der Waals surface area contributed by atoms with Crippen LogP contribution < -0.4 is 4.90 Å². The van der Waals surface area contributed by atoms with Crippen molar-refractivity contribution in [2.45, 2.75) is 46.5 Å². The van der Waals surface area contributed by atoms with E-state index in [1.165, 1.54) is 6.42 Å². The number of aromatic nitrogens is 2. The first kappa shape index (κ1) is 12.3. The van der Waals surface area contributed by atoms with Crippen LogP contribution in [0.5, 0.6) is 0 Å². The fourth-order valence-electron chi connectivity index (χ4n) is 2.18. The summed E-state index contributed by atoms with van der Waals surface area (Å²) in [6, 6.07) is 0. The molecule has 0 aromatic carbocycles. The van der Waals surface area contributed by atoms with E-state index in [1.807, 2.05) is 12.4 Å². The third kappa shape index (κ3) is 2.76. The van der Waals surface area contributed by atoms with Gasteiger partial charge >= 0.3 is 0 Å². The zero-order valence-electron chi connectivity index (χ0n) is 11.6. The van der Waals surface area contributed by atoms with Gasteiger partial charge in [-0.25, -0.2) is 4.98 Å². The fourth-order valence-corrected chi connectivity index (χ4v) is 2.18. The monoisotopic (exact) mass is 233 g/mol. The number of hydrogen-bond donors (Lipinski definition) is 0. The Morgan fingerprint density at radius 3 is 2.47 bits per heavy atom. The topological polar surface area (TPSA) is 29.0 Å². The van der Waals surface area contributed by atoms with E-state index in [9.17, 15) is 0 Å². The summed E-state index contributed by atoms with van der Waals surface area (Å²) in [6.07, 6.45) is 5.00. The molecule has 0 saturated carbocycles. The lowest BCUT2D eigenvalue weighted by Crippen LogP contribution is -2.25. The molecule has 1 aromatic rings. The first-order valence-corrected chi connectivity index (χ1v) is 6.35. The molecule has 17 heavy (non-hydrogen) atoms. The van der Waals surface area contributed by atoms with E-state index >= 15 is 0 Å². The molecule has 3 nitrogen and oxygen atoms in total. The third-order valence-electron chi connectivity index (χ3n) is 3.39. The first-order valence-electron chi connectivity index (χ1n) is 6.35. The van der Waals surface area contributed by atoms with Crippen LogP contribution in [0.15, 0.2) is 12.4 Å². The second kappa shape index (κ2) is 3.97. The van der Waals surface area contributed by atoms with Crippen LogP contribution in [0.2, 0.25) is 0 Å².